The number of pyridine rings is 1. The lowest BCUT2D eigenvalue weighted by Crippen LogP contribution is -2.37. The predicted octanol–water partition coefficient (Wildman–Crippen LogP) is 3.16. The molecule has 3 N–H and O–H groups in total. The van der Waals surface area contributed by atoms with E-state index in [1.165, 1.54) is 24.3 Å². The summed E-state index contributed by atoms with van der Waals surface area (Å²) in [7, 11) is 0. The zero-order valence-electron chi connectivity index (χ0n) is 13.1. The Labute approximate surface area is 134 Å². The van der Waals surface area contributed by atoms with Crippen LogP contribution in [-0.4, -0.2) is 22.2 Å². The van der Waals surface area contributed by atoms with Crippen LogP contribution in [0, 0.1) is 12.7 Å². The lowest BCUT2D eigenvalue weighted by molar-refractivity contribution is 0.155. The Balaban J connectivity index is 1.85. The Morgan fingerprint density at radius 2 is 2.00 bits per heavy atom. The molecule has 2 amide bonds. The molecule has 2 atom stereocenters. The van der Waals surface area contributed by atoms with E-state index in [2.05, 4.69) is 15.6 Å². The summed E-state index contributed by atoms with van der Waals surface area (Å²) in [4.78, 5) is 16.0. The van der Waals surface area contributed by atoms with E-state index in [4.69, 9.17) is 0 Å². The third-order valence-electron chi connectivity index (χ3n) is 3.36. The first-order chi connectivity index (χ1) is 10.9. The molecule has 0 aliphatic heterocycles. The molecule has 0 aliphatic rings. The van der Waals surface area contributed by atoms with Gasteiger partial charge in [0.1, 0.15) is 5.82 Å². The van der Waals surface area contributed by atoms with Gasteiger partial charge in [0.25, 0.3) is 0 Å². The second-order valence-electron chi connectivity index (χ2n) is 5.49. The number of nitrogens with one attached hydrogen (secondary N) is 2. The first kappa shape index (κ1) is 16.9. The van der Waals surface area contributed by atoms with Gasteiger partial charge in [0.2, 0.25) is 0 Å². The van der Waals surface area contributed by atoms with Gasteiger partial charge in [0.05, 0.1) is 6.10 Å². The van der Waals surface area contributed by atoms with Crippen molar-refractivity contribution in [2.24, 2.45) is 0 Å². The highest BCUT2D eigenvalue weighted by atomic mass is 19.1. The van der Waals surface area contributed by atoms with Gasteiger partial charge >= 0.3 is 6.03 Å². The van der Waals surface area contributed by atoms with E-state index in [1.807, 2.05) is 6.92 Å². The van der Waals surface area contributed by atoms with Crippen LogP contribution in [0.1, 0.15) is 30.7 Å². The number of amides is 2. The highest BCUT2D eigenvalue weighted by Gasteiger charge is 2.14. The SMILES string of the molecule is Cc1cc(NC(=O)NC(C)CC(O)c2ccc(F)cc2)ccn1. The summed E-state index contributed by atoms with van der Waals surface area (Å²) in [5, 5.41) is 15.6. The Morgan fingerprint density at radius 1 is 1.30 bits per heavy atom. The van der Waals surface area contributed by atoms with Gasteiger partial charge in [-0.25, -0.2) is 9.18 Å². The van der Waals surface area contributed by atoms with Crippen LogP contribution in [0.2, 0.25) is 0 Å². The summed E-state index contributed by atoms with van der Waals surface area (Å²) in [5.41, 5.74) is 2.08. The van der Waals surface area contributed by atoms with E-state index in [0.29, 0.717) is 17.7 Å². The Kier molecular flexibility index (Phi) is 5.65. The van der Waals surface area contributed by atoms with Crippen LogP contribution in [0.3, 0.4) is 0 Å². The number of aromatic nitrogens is 1. The van der Waals surface area contributed by atoms with Crippen molar-refractivity contribution < 1.29 is 14.3 Å². The fourth-order valence-electron chi connectivity index (χ4n) is 2.23. The third-order valence-corrected chi connectivity index (χ3v) is 3.36. The minimum atomic E-state index is -0.769. The molecule has 0 saturated carbocycles. The highest BCUT2D eigenvalue weighted by Crippen LogP contribution is 2.18. The molecule has 23 heavy (non-hydrogen) atoms. The predicted molar refractivity (Wildman–Crippen MR) is 86.6 cm³/mol. The fraction of sp³-hybridized carbons (Fsp3) is 0.294. The number of halogens is 1. The lowest BCUT2D eigenvalue weighted by Gasteiger charge is -2.18. The molecular formula is C17H20FN3O2. The second kappa shape index (κ2) is 7.69. The van der Waals surface area contributed by atoms with Crippen LogP contribution in [0.15, 0.2) is 42.6 Å². The van der Waals surface area contributed by atoms with Gasteiger partial charge in [-0.1, -0.05) is 12.1 Å². The van der Waals surface area contributed by atoms with Gasteiger partial charge in [0, 0.05) is 23.6 Å². The number of carbonyl (C=O) groups excluding carboxylic acids is 1. The number of aliphatic hydroxyl groups is 1. The molecule has 0 fully saturated rings. The molecule has 6 heteroatoms. The number of aliphatic hydroxyl groups excluding tert-OH is 1. The number of hydrogen-bond donors (Lipinski definition) is 3. The van der Waals surface area contributed by atoms with Crippen molar-refractivity contribution in [1.29, 1.82) is 0 Å². The molecule has 0 saturated heterocycles. The van der Waals surface area contributed by atoms with Crippen molar-refractivity contribution in [3.63, 3.8) is 0 Å². The second-order valence-corrected chi connectivity index (χ2v) is 5.49. The van der Waals surface area contributed by atoms with Crippen LogP contribution in [0.5, 0.6) is 0 Å². The zero-order chi connectivity index (χ0) is 16.8. The van der Waals surface area contributed by atoms with Gasteiger partial charge < -0.3 is 15.7 Å². The number of urea groups is 1. The van der Waals surface area contributed by atoms with Crippen molar-refractivity contribution in [3.8, 4) is 0 Å². The van der Waals surface area contributed by atoms with E-state index >= 15 is 0 Å². The number of hydrogen-bond acceptors (Lipinski definition) is 3. The summed E-state index contributed by atoms with van der Waals surface area (Å²) >= 11 is 0. The van der Waals surface area contributed by atoms with Gasteiger partial charge in [-0.05, 0) is 50.1 Å². The van der Waals surface area contributed by atoms with Crippen LogP contribution in [-0.2, 0) is 0 Å². The summed E-state index contributed by atoms with van der Waals surface area (Å²) < 4.78 is 12.9. The smallest absolute Gasteiger partial charge is 0.319 e. The topological polar surface area (TPSA) is 74.2 Å². The zero-order valence-corrected chi connectivity index (χ0v) is 13.1. The summed E-state index contributed by atoms with van der Waals surface area (Å²) in [6, 6.07) is 8.53. The molecule has 1 aromatic carbocycles. The number of anilines is 1. The van der Waals surface area contributed by atoms with Crippen molar-refractivity contribution in [3.05, 3.63) is 59.7 Å². The quantitative estimate of drug-likeness (QED) is 0.793. The molecule has 2 unspecified atom stereocenters. The van der Waals surface area contributed by atoms with Crippen LogP contribution < -0.4 is 10.6 Å². The Hall–Kier alpha value is -2.47. The van der Waals surface area contributed by atoms with Crippen molar-refractivity contribution in [2.45, 2.75) is 32.4 Å². The van der Waals surface area contributed by atoms with Gasteiger partial charge in [-0.15, -0.1) is 0 Å². The lowest BCUT2D eigenvalue weighted by atomic mass is 10.0. The minimum Gasteiger partial charge on any atom is -0.388 e. The normalized spacial score (nSPS) is 13.2. The first-order valence-electron chi connectivity index (χ1n) is 7.38. The monoisotopic (exact) mass is 317 g/mol. The highest BCUT2D eigenvalue weighted by molar-refractivity contribution is 5.89. The number of rotatable bonds is 5. The average molecular weight is 317 g/mol. The maximum absolute atomic E-state index is 12.9. The Morgan fingerprint density at radius 3 is 2.65 bits per heavy atom. The van der Waals surface area contributed by atoms with E-state index < -0.39 is 6.10 Å². The summed E-state index contributed by atoms with van der Waals surface area (Å²) in [5.74, 6) is -0.348. The van der Waals surface area contributed by atoms with Gasteiger partial charge in [0.15, 0.2) is 0 Å². The molecule has 5 nitrogen and oxygen atoms in total. The maximum Gasteiger partial charge on any atom is 0.319 e. The van der Waals surface area contributed by atoms with Crippen molar-refractivity contribution in [2.75, 3.05) is 5.32 Å². The average Bonchev–Trinajstić information content (AvgIpc) is 2.47. The number of aryl methyl sites for hydroxylation is 1. The molecule has 0 spiro atoms. The number of nitrogens with zero attached hydrogens (tertiary/aromatic N) is 1. The molecule has 1 aromatic heterocycles. The minimum absolute atomic E-state index is 0.252. The Bertz CT molecular complexity index is 661. The molecule has 0 aliphatic carbocycles. The van der Waals surface area contributed by atoms with Crippen molar-refractivity contribution in [1.82, 2.24) is 10.3 Å². The molecule has 0 radical (unpaired) electrons. The van der Waals surface area contributed by atoms with E-state index in [9.17, 15) is 14.3 Å². The van der Waals surface area contributed by atoms with Gasteiger partial charge in [-0.3, -0.25) is 4.98 Å². The molecule has 1 heterocycles. The van der Waals surface area contributed by atoms with E-state index in [0.717, 1.165) is 5.69 Å². The molecular weight excluding hydrogens is 297 g/mol. The standard InChI is InChI=1S/C17H20FN3O2/c1-11-9-15(7-8-19-11)21-17(23)20-12(2)10-16(22)13-3-5-14(18)6-4-13/h3-9,12,16,22H,10H2,1-2H3,(H2,19,20,21,23). The van der Waals surface area contributed by atoms with Crippen molar-refractivity contribution >= 4 is 11.7 Å². The molecule has 2 aromatic rings. The van der Waals surface area contributed by atoms with Gasteiger partial charge in [-0.2, -0.15) is 0 Å². The number of carbonyl (C=O) groups is 1. The van der Waals surface area contributed by atoms with E-state index in [1.54, 1.807) is 25.3 Å². The molecule has 0 bridgehead atoms. The van der Waals surface area contributed by atoms with Crippen LogP contribution in [0.25, 0.3) is 0 Å². The largest absolute Gasteiger partial charge is 0.388 e. The third kappa shape index (κ3) is 5.34. The van der Waals surface area contributed by atoms with Crippen LogP contribution in [0.4, 0.5) is 14.9 Å². The molecule has 2 rings (SSSR count). The van der Waals surface area contributed by atoms with Crippen LogP contribution >= 0.6 is 0 Å². The first-order valence-corrected chi connectivity index (χ1v) is 7.38. The van der Waals surface area contributed by atoms with E-state index in [-0.39, 0.29) is 17.9 Å². The summed E-state index contributed by atoms with van der Waals surface area (Å²) in [6.45, 7) is 3.63. The summed E-state index contributed by atoms with van der Waals surface area (Å²) in [6.07, 6.45) is 1.18. The maximum atomic E-state index is 12.9. The number of benzene rings is 1. The molecule has 122 valence electrons. The fourth-order valence-corrected chi connectivity index (χ4v) is 2.23.